The van der Waals surface area contributed by atoms with Crippen LogP contribution in [0.5, 0.6) is 5.75 Å². The second kappa shape index (κ2) is 8.62. The van der Waals surface area contributed by atoms with Crippen molar-refractivity contribution in [2.75, 3.05) is 25.0 Å². The van der Waals surface area contributed by atoms with E-state index in [9.17, 15) is 14.0 Å². The number of halogens is 2. The molecule has 2 heterocycles. The van der Waals surface area contributed by atoms with Gasteiger partial charge in [-0.3, -0.25) is 14.5 Å². The van der Waals surface area contributed by atoms with Gasteiger partial charge in [0.25, 0.3) is 11.8 Å². The fraction of sp³-hybridized carbons (Fsp3) is 0.364. The third-order valence-electron chi connectivity index (χ3n) is 5.55. The standard InChI is InChI=1S/C22H23ClFN3O3/c1-13-21(28)26-17-9-4-6-14(20(17)30-13)22(29)25-12-18(27-10-2-3-11-27)19-15(23)7-5-8-16(19)24/h4-9,13,18H,2-3,10-12H2,1H3,(H,25,29)(H,26,28). The highest BCUT2D eigenvalue weighted by molar-refractivity contribution is 6.31. The van der Waals surface area contributed by atoms with Gasteiger partial charge in [-0.25, -0.2) is 4.39 Å². The Morgan fingerprint density at radius 2 is 2.03 bits per heavy atom. The molecule has 2 unspecified atom stereocenters. The number of carbonyl (C=O) groups excluding carboxylic acids is 2. The first-order valence-electron chi connectivity index (χ1n) is 10.0. The Morgan fingerprint density at radius 3 is 2.77 bits per heavy atom. The van der Waals surface area contributed by atoms with E-state index in [1.807, 2.05) is 0 Å². The molecule has 0 bridgehead atoms. The van der Waals surface area contributed by atoms with Gasteiger partial charge in [0.05, 0.1) is 17.3 Å². The number of nitrogens with zero attached hydrogens (tertiary/aromatic N) is 1. The van der Waals surface area contributed by atoms with Crippen molar-refractivity contribution in [1.29, 1.82) is 0 Å². The predicted octanol–water partition coefficient (Wildman–Crippen LogP) is 3.77. The molecule has 8 heteroatoms. The first-order chi connectivity index (χ1) is 14.5. The number of ether oxygens (including phenoxy) is 1. The zero-order valence-corrected chi connectivity index (χ0v) is 17.3. The van der Waals surface area contributed by atoms with Crippen LogP contribution >= 0.6 is 11.6 Å². The largest absolute Gasteiger partial charge is 0.478 e. The molecule has 1 fully saturated rings. The molecule has 4 rings (SSSR count). The monoisotopic (exact) mass is 431 g/mol. The lowest BCUT2D eigenvalue weighted by molar-refractivity contribution is -0.122. The number of fused-ring (bicyclic) bond motifs is 1. The molecule has 30 heavy (non-hydrogen) atoms. The molecule has 2 aliphatic heterocycles. The van der Waals surface area contributed by atoms with Gasteiger partial charge in [0.15, 0.2) is 11.9 Å². The highest BCUT2D eigenvalue weighted by Crippen LogP contribution is 2.34. The van der Waals surface area contributed by atoms with Gasteiger partial charge in [0, 0.05) is 17.1 Å². The molecule has 2 aromatic rings. The summed E-state index contributed by atoms with van der Waals surface area (Å²) >= 11 is 6.32. The van der Waals surface area contributed by atoms with Crippen LogP contribution in [-0.4, -0.2) is 42.5 Å². The molecule has 0 radical (unpaired) electrons. The average Bonchev–Trinajstić information content (AvgIpc) is 3.25. The van der Waals surface area contributed by atoms with Crippen molar-refractivity contribution in [3.05, 3.63) is 58.4 Å². The van der Waals surface area contributed by atoms with Crippen molar-refractivity contribution < 1.29 is 18.7 Å². The van der Waals surface area contributed by atoms with Gasteiger partial charge in [-0.2, -0.15) is 0 Å². The Hall–Kier alpha value is -2.64. The molecule has 2 aromatic carbocycles. The Labute approximate surface area is 179 Å². The van der Waals surface area contributed by atoms with Gasteiger partial charge in [-0.1, -0.05) is 23.7 Å². The van der Waals surface area contributed by atoms with Crippen LogP contribution in [0.3, 0.4) is 0 Å². The summed E-state index contributed by atoms with van der Waals surface area (Å²) in [6.07, 6.45) is 1.35. The number of anilines is 1. The van der Waals surface area contributed by atoms with Gasteiger partial charge in [-0.05, 0) is 57.1 Å². The molecule has 1 saturated heterocycles. The van der Waals surface area contributed by atoms with Gasteiger partial charge < -0.3 is 15.4 Å². The summed E-state index contributed by atoms with van der Waals surface area (Å²) in [6, 6.07) is 9.25. The highest BCUT2D eigenvalue weighted by atomic mass is 35.5. The maximum atomic E-state index is 14.6. The van der Waals surface area contributed by atoms with Gasteiger partial charge in [-0.15, -0.1) is 0 Å². The topological polar surface area (TPSA) is 70.7 Å². The van der Waals surface area contributed by atoms with Gasteiger partial charge in [0.1, 0.15) is 5.82 Å². The lowest BCUT2D eigenvalue weighted by Crippen LogP contribution is -2.39. The second-order valence-electron chi connectivity index (χ2n) is 7.54. The molecule has 158 valence electrons. The van der Waals surface area contributed by atoms with E-state index in [2.05, 4.69) is 15.5 Å². The molecule has 0 aromatic heterocycles. The summed E-state index contributed by atoms with van der Waals surface area (Å²) < 4.78 is 20.3. The minimum absolute atomic E-state index is 0.199. The lowest BCUT2D eigenvalue weighted by Gasteiger charge is -2.29. The van der Waals surface area contributed by atoms with Crippen molar-refractivity contribution in [3.8, 4) is 5.75 Å². The van der Waals surface area contributed by atoms with Crippen LogP contribution in [0.2, 0.25) is 5.02 Å². The third kappa shape index (κ3) is 4.00. The first-order valence-corrected chi connectivity index (χ1v) is 10.4. The van der Waals surface area contributed by atoms with Crippen molar-refractivity contribution in [3.63, 3.8) is 0 Å². The van der Waals surface area contributed by atoms with Gasteiger partial charge in [0.2, 0.25) is 0 Å². The summed E-state index contributed by atoms with van der Waals surface area (Å²) in [6.45, 7) is 3.46. The minimum atomic E-state index is -0.694. The molecule has 2 atom stereocenters. The number of nitrogens with one attached hydrogen (secondary N) is 2. The van der Waals surface area contributed by atoms with Crippen LogP contribution < -0.4 is 15.4 Å². The number of benzene rings is 2. The summed E-state index contributed by atoms with van der Waals surface area (Å²) in [5.41, 5.74) is 1.17. The molecule has 6 nitrogen and oxygen atoms in total. The SMILES string of the molecule is CC1Oc2c(cccc2C(=O)NCC(c2c(F)cccc2Cl)N2CCCC2)NC1=O. The fourth-order valence-corrected chi connectivity index (χ4v) is 4.28. The van der Waals surface area contributed by atoms with E-state index in [4.69, 9.17) is 16.3 Å². The summed E-state index contributed by atoms with van der Waals surface area (Å²) in [7, 11) is 0. The Morgan fingerprint density at radius 1 is 1.30 bits per heavy atom. The zero-order valence-electron chi connectivity index (χ0n) is 16.6. The van der Waals surface area contributed by atoms with E-state index < -0.39 is 6.10 Å². The van der Waals surface area contributed by atoms with E-state index in [-0.39, 0.29) is 30.2 Å². The highest BCUT2D eigenvalue weighted by Gasteiger charge is 2.30. The van der Waals surface area contributed by atoms with Crippen LogP contribution in [0.15, 0.2) is 36.4 Å². The van der Waals surface area contributed by atoms with E-state index in [1.54, 1.807) is 37.3 Å². The molecule has 2 amide bonds. The fourth-order valence-electron chi connectivity index (χ4n) is 3.99. The normalized spacial score (nSPS) is 19.6. The zero-order chi connectivity index (χ0) is 21.3. The molecule has 0 aliphatic carbocycles. The number of hydrogen-bond donors (Lipinski definition) is 2. The Balaban J connectivity index is 1.57. The summed E-state index contributed by atoms with van der Waals surface area (Å²) in [5.74, 6) is -0.662. The molecular weight excluding hydrogens is 409 g/mol. The Bertz CT molecular complexity index is 958. The van der Waals surface area contributed by atoms with E-state index in [1.165, 1.54) is 6.07 Å². The van der Waals surface area contributed by atoms with Crippen LogP contribution in [0.4, 0.5) is 10.1 Å². The third-order valence-corrected chi connectivity index (χ3v) is 5.88. The lowest BCUT2D eigenvalue weighted by atomic mass is 10.0. The van der Waals surface area contributed by atoms with E-state index >= 15 is 0 Å². The number of amides is 2. The summed E-state index contributed by atoms with van der Waals surface area (Å²) in [4.78, 5) is 26.9. The average molecular weight is 432 g/mol. The number of likely N-dealkylation sites (tertiary alicyclic amines) is 1. The summed E-state index contributed by atoms with van der Waals surface area (Å²) in [5, 5.41) is 5.99. The van der Waals surface area contributed by atoms with E-state index in [0.29, 0.717) is 27.6 Å². The number of carbonyl (C=O) groups is 2. The molecule has 2 aliphatic rings. The van der Waals surface area contributed by atoms with E-state index in [0.717, 1.165) is 25.9 Å². The molecular formula is C22H23ClFN3O3. The maximum absolute atomic E-state index is 14.6. The van der Waals surface area contributed by atoms with Crippen molar-refractivity contribution >= 4 is 29.1 Å². The first kappa shape index (κ1) is 20.6. The quantitative estimate of drug-likeness (QED) is 0.756. The van der Waals surface area contributed by atoms with Crippen LogP contribution in [0, 0.1) is 5.82 Å². The van der Waals surface area contributed by atoms with Crippen molar-refractivity contribution in [2.24, 2.45) is 0 Å². The second-order valence-corrected chi connectivity index (χ2v) is 7.94. The molecule has 2 N–H and O–H groups in total. The maximum Gasteiger partial charge on any atom is 0.265 e. The smallest absolute Gasteiger partial charge is 0.265 e. The van der Waals surface area contributed by atoms with Crippen LogP contribution in [-0.2, 0) is 4.79 Å². The number of rotatable bonds is 5. The van der Waals surface area contributed by atoms with Crippen molar-refractivity contribution in [1.82, 2.24) is 10.2 Å². The molecule has 0 saturated carbocycles. The van der Waals surface area contributed by atoms with Crippen LogP contribution in [0.1, 0.15) is 41.7 Å². The minimum Gasteiger partial charge on any atom is -0.478 e. The predicted molar refractivity (Wildman–Crippen MR) is 112 cm³/mol. The van der Waals surface area contributed by atoms with Crippen LogP contribution in [0.25, 0.3) is 0 Å². The number of hydrogen-bond acceptors (Lipinski definition) is 4. The molecule has 0 spiro atoms. The van der Waals surface area contributed by atoms with Crippen molar-refractivity contribution in [2.45, 2.75) is 31.9 Å². The van der Waals surface area contributed by atoms with Gasteiger partial charge >= 0.3 is 0 Å². The Kier molecular flexibility index (Phi) is 5.92. The number of para-hydroxylation sites is 1.